The number of nitrogens with one attached hydrogen (secondary N) is 1. The SMILES string of the molecule is Nc1cccc(OCC(=O)NCc2cc(F)ccc2F)c1. The highest BCUT2D eigenvalue weighted by Crippen LogP contribution is 2.14. The summed E-state index contributed by atoms with van der Waals surface area (Å²) in [5, 5.41) is 2.45. The zero-order valence-electron chi connectivity index (χ0n) is 11.1. The Bertz CT molecular complexity index is 647. The molecule has 1 amide bonds. The Morgan fingerprint density at radius 1 is 1.19 bits per heavy atom. The van der Waals surface area contributed by atoms with E-state index < -0.39 is 17.5 Å². The molecule has 0 aromatic heterocycles. The van der Waals surface area contributed by atoms with Crippen molar-refractivity contribution >= 4 is 11.6 Å². The minimum absolute atomic E-state index is 0.0762. The minimum atomic E-state index is -0.576. The molecule has 4 nitrogen and oxygen atoms in total. The molecule has 0 aliphatic rings. The molecule has 0 aliphatic carbocycles. The number of halogens is 2. The van der Waals surface area contributed by atoms with Crippen LogP contribution in [0, 0.1) is 11.6 Å². The number of anilines is 1. The van der Waals surface area contributed by atoms with Crippen LogP contribution in [0.4, 0.5) is 14.5 Å². The van der Waals surface area contributed by atoms with Gasteiger partial charge in [0.1, 0.15) is 17.4 Å². The monoisotopic (exact) mass is 292 g/mol. The molecular formula is C15H14F2N2O2. The Morgan fingerprint density at radius 2 is 2.00 bits per heavy atom. The maximum Gasteiger partial charge on any atom is 0.258 e. The molecule has 3 N–H and O–H groups in total. The summed E-state index contributed by atoms with van der Waals surface area (Å²) in [5.74, 6) is -1.12. The number of hydrogen-bond acceptors (Lipinski definition) is 3. The first-order valence-electron chi connectivity index (χ1n) is 6.23. The third-order valence-corrected chi connectivity index (χ3v) is 2.71. The standard InChI is InChI=1S/C15H14F2N2O2/c16-11-4-5-14(17)10(6-11)8-19-15(20)9-21-13-3-1-2-12(18)7-13/h1-7H,8-9,18H2,(H,19,20). The molecule has 2 aromatic rings. The van der Waals surface area contributed by atoms with E-state index in [1.165, 1.54) is 0 Å². The maximum absolute atomic E-state index is 13.4. The van der Waals surface area contributed by atoms with Gasteiger partial charge in [0, 0.05) is 23.9 Å². The van der Waals surface area contributed by atoms with Gasteiger partial charge in [-0.3, -0.25) is 4.79 Å². The Kier molecular flexibility index (Phi) is 4.71. The summed E-state index contributed by atoms with van der Waals surface area (Å²) in [6.45, 7) is -0.344. The van der Waals surface area contributed by atoms with Crippen molar-refractivity contribution in [2.24, 2.45) is 0 Å². The molecule has 0 heterocycles. The van der Waals surface area contributed by atoms with E-state index in [1.54, 1.807) is 24.3 Å². The summed E-state index contributed by atoms with van der Waals surface area (Å²) in [6, 6.07) is 9.71. The number of benzene rings is 2. The number of rotatable bonds is 5. The quantitative estimate of drug-likeness (QED) is 0.831. The van der Waals surface area contributed by atoms with Crippen molar-refractivity contribution in [2.75, 3.05) is 12.3 Å². The van der Waals surface area contributed by atoms with Gasteiger partial charge in [0.2, 0.25) is 0 Å². The molecule has 2 aromatic carbocycles. The van der Waals surface area contributed by atoms with Crippen LogP contribution in [0.25, 0.3) is 0 Å². The minimum Gasteiger partial charge on any atom is -0.484 e. The van der Waals surface area contributed by atoms with E-state index in [0.717, 1.165) is 18.2 Å². The summed E-state index contributed by atoms with van der Waals surface area (Å²) < 4.78 is 31.5. The number of ether oxygens (including phenoxy) is 1. The number of nitrogen functional groups attached to an aromatic ring is 1. The van der Waals surface area contributed by atoms with E-state index in [-0.39, 0.29) is 18.7 Å². The molecule has 6 heteroatoms. The lowest BCUT2D eigenvalue weighted by atomic mass is 10.2. The Hall–Kier alpha value is -2.63. The summed E-state index contributed by atoms with van der Waals surface area (Å²) in [4.78, 5) is 11.6. The van der Waals surface area contributed by atoms with Gasteiger partial charge >= 0.3 is 0 Å². The molecule has 0 atom stereocenters. The summed E-state index contributed by atoms with van der Waals surface area (Å²) in [6.07, 6.45) is 0. The highest BCUT2D eigenvalue weighted by atomic mass is 19.1. The number of amides is 1. The number of hydrogen-bond donors (Lipinski definition) is 2. The number of carbonyl (C=O) groups is 1. The van der Waals surface area contributed by atoms with E-state index >= 15 is 0 Å². The van der Waals surface area contributed by atoms with Crippen LogP contribution in [-0.4, -0.2) is 12.5 Å². The van der Waals surface area contributed by atoms with Crippen LogP contribution in [0.3, 0.4) is 0 Å². The van der Waals surface area contributed by atoms with Gasteiger partial charge in [-0.05, 0) is 30.3 Å². The summed E-state index contributed by atoms with van der Waals surface area (Å²) in [7, 11) is 0. The third-order valence-electron chi connectivity index (χ3n) is 2.71. The molecule has 0 saturated carbocycles. The Morgan fingerprint density at radius 3 is 2.76 bits per heavy atom. The second-order valence-electron chi connectivity index (χ2n) is 4.37. The lowest BCUT2D eigenvalue weighted by Gasteiger charge is -2.08. The molecule has 0 fully saturated rings. The van der Waals surface area contributed by atoms with Crippen molar-refractivity contribution in [1.29, 1.82) is 0 Å². The Balaban J connectivity index is 1.83. The molecule has 0 spiro atoms. The number of nitrogens with two attached hydrogens (primary N) is 1. The van der Waals surface area contributed by atoms with Gasteiger partial charge in [-0.25, -0.2) is 8.78 Å². The van der Waals surface area contributed by atoms with Crippen LogP contribution >= 0.6 is 0 Å². The first kappa shape index (κ1) is 14.8. The van der Waals surface area contributed by atoms with Crippen LogP contribution < -0.4 is 15.8 Å². The Labute approximate surface area is 120 Å². The lowest BCUT2D eigenvalue weighted by molar-refractivity contribution is -0.123. The largest absolute Gasteiger partial charge is 0.484 e. The number of carbonyl (C=O) groups excluding carboxylic acids is 1. The lowest BCUT2D eigenvalue weighted by Crippen LogP contribution is -2.28. The average Bonchev–Trinajstić information content (AvgIpc) is 2.46. The molecule has 0 unspecified atom stereocenters. The highest BCUT2D eigenvalue weighted by Gasteiger charge is 2.07. The fourth-order valence-electron chi connectivity index (χ4n) is 1.68. The van der Waals surface area contributed by atoms with Crippen LogP contribution in [0.2, 0.25) is 0 Å². The van der Waals surface area contributed by atoms with Crippen LogP contribution in [-0.2, 0) is 11.3 Å². The molecule has 0 bridgehead atoms. The normalized spacial score (nSPS) is 10.2. The van der Waals surface area contributed by atoms with Gasteiger partial charge in [-0.15, -0.1) is 0 Å². The first-order valence-corrected chi connectivity index (χ1v) is 6.23. The zero-order valence-corrected chi connectivity index (χ0v) is 11.1. The van der Waals surface area contributed by atoms with E-state index in [1.807, 2.05) is 0 Å². The van der Waals surface area contributed by atoms with E-state index in [9.17, 15) is 13.6 Å². The van der Waals surface area contributed by atoms with Crippen molar-refractivity contribution in [2.45, 2.75) is 6.54 Å². The topological polar surface area (TPSA) is 64.3 Å². The van der Waals surface area contributed by atoms with Crippen molar-refractivity contribution in [3.63, 3.8) is 0 Å². The van der Waals surface area contributed by atoms with Gasteiger partial charge in [-0.1, -0.05) is 6.07 Å². The zero-order chi connectivity index (χ0) is 15.2. The van der Waals surface area contributed by atoms with Gasteiger partial charge in [0.15, 0.2) is 6.61 Å². The fourth-order valence-corrected chi connectivity index (χ4v) is 1.68. The van der Waals surface area contributed by atoms with Crippen LogP contribution in [0.5, 0.6) is 5.75 Å². The third kappa shape index (κ3) is 4.45. The first-order chi connectivity index (χ1) is 10.0. The molecular weight excluding hydrogens is 278 g/mol. The van der Waals surface area contributed by atoms with Crippen molar-refractivity contribution in [3.05, 3.63) is 59.7 Å². The molecule has 110 valence electrons. The van der Waals surface area contributed by atoms with Crippen molar-refractivity contribution in [3.8, 4) is 5.75 Å². The predicted molar refractivity (Wildman–Crippen MR) is 74.6 cm³/mol. The van der Waals surface area contributed by atoms with E-state index in [4.69, 9.17) is 10.5 Å². The van der Waals surface area contributed by atoms with Crippen molar-refractivity contribution < 1.29 is 18.3 Å². The fraction of sp³-hybridized carbons (Fsp3) is 0.133. The van der Waals surface area contributed by atoms with Crippen molar-refractivity contribution in [1.82, 2.24) is 5.32 Å². The molecule has 0 radical (unpaired) electrons. The maximum atomic E-state index is 13.4. The second kappa shape index (κ2) is 6.69. The van der Waals surface area contributed by atoms with Gasteiger partial charge in [-0.2, -0.15) is 0 Å². The molecule has 21 heavy (non-hydrogen) atoms. The van der Waals surface area contributed by atoms with Crippen LogP contribution in [0.15, 0.2) is 42.5 Å². The average molecular weight is 292 g/mol. The molecule has 0 aliphatic heterocycles. The van der Waals surface area contributed by atoms with Gasteiger partial charge in [0.05, 0.1) is 0 Å². The second-order valence-corrected chi connectivity index (χ2v) is 4.37. The summed E-state index contributed by atoms with van der Waals surface area (Å²) >= 11 is 0. The highest BCUT2D eigenvalue weighted by molar-refractivity contribution is 5.77. The summed E-state index contributed by atoms with van der Waals surface area (Å²) in [5.41, 5.74) is 6.17. The predicted octanol–water partition coefficient (Wildman–Crippen LogP) is 2.24. The van der Waals surface area contributed by atoms with E-state index in [0.29, 0.717) is 11.4 Å². The molecule has 2 rings (SSSR count). The van der Waals surface area contributed by atoms with E-state index in [2.05, 4.69) is 5.32 Å². The van der Waals surface area contributed by atoms with Gasteiger partial charge in [0.25, 0.3) is 5.91 Å². The molecule has 0 saturated heterocycles. The van der Waals surface area contributed by atoms with Crippen LogP contribution in [0.1, 0.15) is 5.56 Å². The van der Waals surface area contributed by atoms with Gasteiger partial charge < -0.3 is 15.8 Å². The smallest absolute Gasteiger partial charge is 0.258 e.